The minimum atomic E-state index is -0.388. The van der Waals surface area contributed by atoms with Crippen molar-refractivity contribution < 1.29 is 19.7 Å². The summed E-state index contributed by atoms with van der Waals surface area (Å²) in [6.45, 7) is 0. The molecule has 8 nitrogen and oxygen atoms in total. The smallest absolute Gasteiger partial charge is 0.275 e. The molecule has 0 radical (unpaired) electrons. The van der Waals surface area contributed by atoms with Crippen LogP contribution in [0.15, 0.2) is 41.2 Å². The Bertz CT molecular complexity index is 1250. The lowest BCUT2D eigenvalue weighted by Gasteiger charge is -2.13. The second kappa shape index (κ2) is 6.17. The van der Waals surface area contributed by atoms with Crippen molar-refractivity contribution in [2.24, 2.45) is 0 Å². The molecule has 0 bridgehead atoms. The molecule has 0 fully saturated rings. The highest BCUT2D eigenvalue weighted by molar-refractivity contribution is 6.11. The fourth-order valence-electron chi connectivity index (χ4n) is 3.15. The summed E-state index contributed by atoms with van der Waals surface area (Å²) in [6.07, 6.45) is 0. The molecular formula is C19H15N3O5. The van der Waals surface area contributed by atoms with Gasteiger partial charge in [-0.05, 0) is 46.7 Å². The number of methoxy groups -OCH3 is 2. The van der Waals surface area contributed by atoms with E-state index in [9.17, 15) is 15.0 Å². The summed E-state index contributed by atoms with van der Waals surface area (Å²) in [5.41, 5.74) is 1.20. The second-order valence-electron chi connectivity index (χ2n) is 5.92. The number of benzene rings is 3. The summed E-state index contributed by atoms with van der Waals surface area (Å²) in [5, 5.41) is 31.9. The summed E-state index contributed by atoms with van der Waals surface area (Å²) in [4.78, 5) is 12.3. The number of ether oxygens (including phenoxy) is 2. The zero-order chi connectivity index (χ0) is 19.1. The minimum absolute atomic E-state index is 0.0146. The molecule has 0 aliphatic heterocycles. The summed E-state index contributed by atoms with van der Waals surface area (Å²) in [5.74, 6) is 0.496. The lowest BCUT2D eigenvalue weighted by Crippen LogP contribution is -2.10. The fraction of sp³-hybridized carbons (Fsp3) is 0.105. The van der Waals surface area contributed by atoms with Crippen LogP contribution in [-0.4, -0.2) is 39.8 Å². The number of nitrogens with zero attached hydrogens (tertiary/aromatic N) is 2. The number of aromatic nitrogens is 3. The van der Waals surface area contributed by atoms with Gasteiger partial charge in [0.15, 0.2) is 23.0 Å². The van der Waals surface area contributed by atoms with Crippen LogP contribution in [0, 0.1) is 0 Å². The first-order valence-electron chi connectivity index (χ1n) is 7.99. The zero-order valence-electron chi connectivity index (χ0n) is 14.5. The third-order valence-corrected chi connectivity index (χ3v) is 4.43. The first kappa shape index (κ1) is 16.6. The summed E-state index contributed by atoms with van der Waals surface area (Å²) in [7, 11) is 2.90. The van der Waals surface area contributed by atoms with Gasteiger partial charge < -0.3 is 19.7 Å². The Labute approximate surface area is 152 Å². The number of H-pyrrole nitrogens is 1. The van der Waals surface area contributed by atoms with Crippen LogP contribution in [0.5, 0.6) is 23.0 Å². The molecule has 3 aromatic carbocycles. The van der Waals surface area contributed by atoms with E-state index in [1.807, 2.05) is 0 Å². The van der Waals surface area contributed by atoms with Crippen LogP contribution < -0.4 is 15.0 Å². The molecule has 136 valence electrons. The minimum Gasteiger partial charge on any atom is -0.504 e. The Kier molecular flexibility index (Phi) is 3.80. The quantitative estimate of drug-likeness (QED) is 0.478. The van der Waals surface area contributed by atoms with E-state index in [4.69, 9.17) is 9.47 Å². The highest BCUT2D eigenvalue weighted by Crippen LogP contribution is 2.41. The lowest BCUT2D eigenvalue weighted by molar-refractivity contribution is 0.373. The Balaban J connectivity index is 2.20. The largest absolute Gasteiger partial charge is 0.504 e. The monoisotopic (exact) mass is 365 g/mol. The van der Waals surface area contributed by atoms with Crippen LogP contribution in [0.3, 0.4) is 0 Å². The third kappa shape index (κ3) is 2.58. The molecule has 0 amide bonds. The molecular weight excluding hydrogens is 350 g/mol. The van der Waals surface area contributed by atoms with Gasteiger partial charge in [-0.15, -0.1) is 5.10 Å². The molecule has 0 saturated carbocycles. The topological polar surface area (TPSA) is 118 Å². The van der Waals surface area contributed by atoms with Crippen LogP contribution in [-0.2, 0) is 0 Å². The van der Waals surface area contributed by atoms with Crippen molar-refractivity contribution in [2.45, 2.75) is 0 Å². The fourth-order valence-corrected chi connectivity index (χ4v) is 3.15. The molecule has 27 heavy (non-hydrogen) atoms. The third-order valence-electron chi connectivity index (χ3n) is 4.43. The molecule has 0 saturated heterocycles. The Morgan fingerprint density at radius 2 is 1.67 bits per heavy atom. The standard InChI is InChI=1S/C19H15N3O5/c1-26-15-6-9(3-4-13(15)23)17-11-8-14(24)16(27-2)7-10(11)5-12-18(17)20-22-21-19(12)25/h3-8,23-24H,1-2H3,(H,20,21,25). The maximum absolute atomic E-state index is 12.3. The number of fused-ring (bicyclic) bond motifs is 2. The Hall–Kier alpha value is -3.81. The molecule has 1 heterocycles. The van der Waals surface area contributed by atoms with Crippen LogP contribution in [0.2, 0.25) is 0 Å². The number of phenolic OH excluding ortho intramolecular Hbond substituents is 2. The molecule has 0 unspecified atom stereocenters. The number of hydrogen-bond donors (Lipinski definition) is 3. The molecule has 3 N–H and O–H groups in total. The molecule has 0 spiro atoms. The predicted octanol–water partition coefficient (Wildman–Crippen LogP) is 2.57. The summed E-state index contributed by atoms with van der Waals surface area (Å²) >= 11 is 0. The van der Waals surface area contributed by atoms with Crippen LogP contribution >= 0.6 is 0 Å². The highest BCUT2D eigenvalue weighted by Gasteiger charge is 2.17. The number of hydrogen-bond acceptors (Lipinski definition) is 7. The van der Waals surface area contributed by atoms with E-state index in [0.717, 1.165) is 0 Å². The van der Waals surface area contributed by atoms with Crippen molar-refractivity contribution in [3.8, 4) is 34.1 Å². The highest BCUT2D eigenvalue weighted by atomic mass is 16.5. The van der Waals surface area contributed by atoms with Crippen LogP contribution in [0.25, 0.3) is 32.8 Å². The number of phenols is 2. The second-order valence-corrected chi connectivity index (χ2v) is 5.92. The van der Waals surface area contributed by atoms with Crippen molar-refractivity contribution in [1.29, 1.82) is 0 Å². The van der Waals surface area contributed by atoms with E-state index in [1.165, 1.54) is 20.3 Å². The summed E-state index contributed by atoms with van der Waals surface area (Å²) < 4.78 is 10.4. The van der Waals surface area contributed by atoms with Crippen molar-refractivity contribution in [3.63, 3.8) is 0 Å². The molecule has 0 atom stereocenters. The van der Waals surface area contributed by atoms with Gasteiger partial charge in [0.1, 0.15) is 5.52 Å². The number of aromatic hydroxyl groups is 2. The van der Waals surface area contributed by atoms with Gasteiger partial charge in [0.2, 0.25) is 0 Å². The van der Waals surface area contributed by atoms with Gasteiger partial charge in [-0.25, -0.2) is 5.10 Å². The number of aromatic amines is 1. The number of nitrogens with one attached hydrogen (secondary N) is 1. The summed E-state index contributed by atoms with van der Waals surface area (Å²) in [6, 6.07) is 9.66. The van der Waals surface area contributed by atoms with E-state index >= 15 is 0 Å². The normalized spacial score (nSPS) is 11.0. The molecule has 8 heteroatoms. The lowest BCUT2D eigenvalue weighted by atomic mass is 9.94. The van der Waals surface area contributed by atoms with Gasteiger partial charge in [0, 0.05) is 5.56 Å². The number of rotatable bonds is 3. The van der Waals surface area contributed by atoms with E-state index in [2.05, 4.69) is 15.4 Å². The Morgan fingerprint density at radius 3 is 2.41 bits per heavy atom. The first-order valence-corrected chi connectivity index (χ1v) is 7.99. The van der Waals surface area contributed by atoms with Crippen LogP contribution in [0.1, 0.15) is 0 Å². The zero-order valence-corrected chi connectivity index (χ0v) is 14.5. The van der Waals surface area contributed by atoms with Crippen molar-refractivity contribution >= 4 is 21.7 Å². The van der Waals surface area contributed by atoms with Crippen molar-refractivity contribution in [2.75, 3.05) is 14.2 Å². The molecule has 1 aromatic heterocycles. The maximum Gasteiger partial charge on any atom is 0.275 e. The van der Waals surface area contributed by atoms with Gasteiger partial charge in [0.25, 0.3) is 5.56 Å². The van der Waals surface area contributed by atoms with Gasteiger partial charge in [-0.2, -0.15) is 0 Å². The molecule has 0 aliphatic rings. The van der Waals surface area contributed by atoms with Crippen LogP contribution in [0.4, 0.5) is 0 Å². The average molecular weight is 365 g/mol. The molecule has 4 aromatic rings. The van der Waals surface area contributed by atoms with E-state index in [0.29, 0.717) is 32.8 Å². The molecule has 4 rings (SSSR count). The van der Waals surface area contributed by atoms with E-state index in [-0.39, 0.29) is 28.6 Å². The average Bonchev–Trinajstić information content (AvgIpc) is 2.67. The van der Waals surface area contributed by atoms with Crippen molar-refractivity contribution in [3.05, 3.63) is 46.8 Å². The van der Waals surface area contributed by atoms with Gasteiger partial charge in [-0.3, -0.25) is 4.79 Å². The van der Waals surface area contributed by atoms with E-state index < -0.39 is 0 Å². The van der Waals surface area contributed by atoms with E-state index in [1.54, 1.807) is 30.3 Å². The van der Waals surface area contributed by atoms with Gasteiger partial charge in [-0.1, -0.05) is 11.3 Å². The maximum atomic E-state index is 12.3. The first-order chi connectivity index (χ1) is 13.0. The Morgan fingerprint density at radius 1 is 0.926 bits per heavy atom. The SMILES string of the molecule is COc1cc(-c2c3cc(O)c(OC)cc3cc3c(=O)[nH]nnc23)ccc1O. The predicted molar refractivity (Wildman–Crippen MR) is 99.5 cm³/mol. The van der Waals surface area contributed by atoms with Gasteiger partial charge >= 0.3 is 0 Å². The van der Waals surface area contributed by atoms with Crippen molar-refractivity contribution in [1.82, 2.24) is 15.4 Å². The molecule has 0 aliphatic carbocycles. The van der Waals surface area contributed by atoms with Gasteiger partial charge in [0.05, 0.1) is 19.6 Å².